The summed E-state index contributed by atoms with van der Waals surface area (Å²) in [5.41, 5.74) is 7.30. The molecule has 2 atom stereocenters. The van der Waals surface area contributed by atoms with Crippen LogP contribution in [0.4, 0.5) is 0 Å². The minimum atomic E-state index is -1.15. The van der Waals surface area contributed by atoms with E-state index in [4.69, 9.17) is 10.5 Å². The molecule has 1 aliphatic rings. The van der Waals surface area contributed by atoms with Crippen molar-refractivity contribution in [3.8, 4) is 5.75 Å². The number of aliphatic hydroxyl groups is 1. The Labute approximate surface area is 106 Å². The zero-order valence-electron chi connectivity index (χ0n) is 10.3. The Bertz CT molecular complexity index is 448. The van der Waals surface area contributed by atoms with Crippen molar-refractivity contribution in [3.63, 3.8) is 0 Å². The number of hydrogen-bond donors (Lipinski definition) is 3. The van der Waals surface area contributed by atoms with E-state index in [9.17, 15) is 9.90 Å². The summed E-state index contributed by atoms with van der Waals surface area (Å²) >= 11 is 0. The van der Waals surface area contributed by atoms with E-state index in [0.717, 1.165) is 24.3 Å². The van der Waals surface area contributed by atoms with Crippen LogP contribution in [0.2, 0.25) is 0 Å². The molecule has 5 heteroatoms. The largest absolute Gasteiger partial charge is 0.493 e. The predicted molar refractivity (Wildman–Crippen MR) is 67.3 cm³/mol. The third-order valence-corrected chi connectivity index (χ3v) is 3.16. The number of carbonyl (C=O) groups is 1. The summed E-state index contributed by atoms with van der Waals surface area (Å²) < 4.78 is 5.44. The Morgan fingerprint density at radius 2 is 2.39 bits per heavy atom. The summed E-state index contributed by atoms with van der Waals surface area (Å²) in [6, 6.07) is 6.08. The molecule has 0 aromatic heterocycles. The molecule has 0 radical (unpaired) electrons. The van der Waals surface area contributed by atoms with Crippen molar-refractivity contribution in [2.45, 2.75) is 25.5 Å². The first-order valence-electron chi connectivity index (χ1n) is 6.04. The third kappa shape index (κ3) is 2.80. The molecule has 1 aliphatic heterocycles. The van der Waals surface area contributed by atoms with Crippen LogP contribution in [0.5, 0.6) is 5.75 Å². The van der Waals surface area contributed by atoms with Gasteiger partial charge in [-0.1, -0.05) is 12.1 Å². The van der Waals surface area contributed by atoms with Gasteiger partial charge < -0.3 is 20.9 Å². The van der Waals surface area contributed by atoms with Gasteiger partial charge in [-0.3, -0.25) is 4.79 Å². The van der Waals surface area contributed by atoms with Crippen LogP contribution in [-0.2, 0) is 11.2 Å². The number of nitrogens with two attached hydrogens (primary N) is 1. The molecular weight excluding hydrogens is 232 g/mol. The van der Waals surface area contributed by atoms with E-state index in [1.807, 2.05) is 19.1 Å². The number of hydrogen-bond acceptors (Lipinski definition) is 4. The molecule has 1 heterocycles. The maximum Gasteiger partial charge on any atom is 0.247 e. The van der Waals surface area contributed by atoms with E-state index in [1.165, 1.54) is 5.56 Å². The number of benzene rings is 1. The Balaban J connectivity index is 1.97. The summed E-state index contributed by atoms with van der Waals surface area (Å²) in [5, 5.41) is 12.4. The lowest BCUT2D eigenvalue weighted by Gasteiger charge is -2.16. The number of primary amides is 1. The molecule has 1 amide bonds. The fraction of sp³-hybridized carbons (Fsp3) is 0.462. The number of ether oxygens (including phenoxy) is 1. The summed E-state index contributed by atoms with van der Waals surface area (Å²) in [4.78, 5) is 10.7. The molecule has 2 rings (SSSR count). The molecule has 0 bridgehead atoms. The minimum Gasteiger partial charge on any atom is -0.493 e. The standard InChI is InChI=1S/C13H18N2O3/c1-8(15-7-11(16)13(14)17)9-2-3-12-10(6-9)4-5-18-12/h2-3,6,8,11,15-16H,4-5,7H2,1H3,(H2,14,17). The number of nitrogens with one attached hydrogen (secondary N) is 1. The van der Waals surface area contributed by atoms with Gasteiger partial charge in [-0.2, -0.15) is 0 Å². The van der Waals surface area contributed by atoms with Crippen molar-refractivity contribution in [1.29, 1.82) is 0 Å². The molecule has 0 saturated heterocycles. The van der Waals surface area contributed by atoms with Crippen LogP contribution in [0, 0.1) is 0 Å². The molecule has 1 aromatic carbocycles. The number of carbonyl (C=O) groups excluding carboxylic acids is 1. The highest BCUT2D eigenvalue weighted by atomic mass is 16.5. The number of aliphatic hydroxyl groups excluding tert-OH is 1. The highest BCUT2D eigenvalue weighted by Crippen LogP contribution is 2.27. The fourth-order valence-corrected chi connectivity index (χ4v) is 1.98. The summed E-state index contributed by atoms with van der Waals surface area (Å²) in [6.45, 7) is 2.87. The van der Waals surface area contributed by atoms with E-state index in [-0.39, 0.29) is 12.6 Å². The van der Waals surface area contributed by atoms with Crippen LogP contribution in [0.15, 0.2) is 18.2 Å². The highest BCUT2D eigenvalue weighted by Gasteiger charge is 2.16. The molecule has 1 aromatic rings. The second-order valence-corrected chi connectivity index (χ2v) is 4.51. The van der Waals surface area contributed by atoms with Crippen LogP contribution in [0.3, 0.4) is 0 Å². The molecule has 0 aliphatic carbocycles. The Hall–Kier alpha value is -1.59. The zero-order chi connectivity index (χ0) is 13.1. The van der Waals surface area contributed by atoms with Crippen LogP contribution in [-0.4, -0.2) is 30.3 Å². The Kier molecular flexibility index (Phi) is 3.84. The van der Waals surface area contributed by atoms with Gasteiger partial charge in [0.15, 0.2) is 0 Å². The number of amides is 1. The van der Waals surface area contributed by atoms with Gasteiger partial charge in [0, 0.05) is 19.0 Å². The normalized spacial score (nSPS) is 16.8. The first-order chi connectivity index (χ1) is 8.58. The lowest BCUT2D eigenvalue weighted by atomic mass is 10.0. The third-order valence-electron chi connectivity index (χ3n) is 3.16. The van der Waals surface area contributed by atoms with Gasteiger partial charge in [-0.15, -0.1) is 0 Å². The van der Waals surface area contributed by atoms with Gasteiger partial charge in [0.1, 0.15) is 11.9 Å². The molecule has 0 saturated carbocycles. The van der Waals surface area contributed by atoms with E-state index < -0.39 is 12.0 Å². The van der Waals surface area contributed by atoms with Crippen LogP contribution >= 0.6 is 0 Å². The van der Waals surface area contributed by atoms with E-state index in [0.29, 0.717) is 0 Å². The van der Waals surface area contributed by atoms with E-state index in [1.54, 1.807) is 0 Å². The van der Waals surface area contributed by atoms with E-state index in [2.05, 4.69) is 11.4 Å². The molecular formula is C13H18N2O3. The van der Waals surface area contributed by atoms with Gasteiger partial charge in [-0.25, -0.2) is 0 Å². The lowest BCUT2D eigenvalue weighted by molar-refractivity contribution is -0.125. The lowest BCUT2D eigenvalue weighted by Crippen LogP contribution is -2.38. The number of rotatable bonds is 5. The molecule has 4 N–H and O–H groups in total. The van der Waals surface area contributed by atoms with Crippen molar-refractivity contribution in [1.82, 2.24) is 5.32 Å². The van der Waals surface area contributed by atoms with Crippen molar-refractivity contribution in [2.24, 2.45) is 5.73 Å². The summed E-state index contributed by atoms with van der Waals surface area (Å²) in [6.07, 6.45) is -0.218. The first-order valence-corrected chi connectivity index (χ1v) is 6.04. The molecule has 0 fully saturated rings. The van der Waals surface area contributed by atoms with Gasteiger partial charge >= 0.3 is 0 Å². The smallest absolute Gasteiger partial charge is 0.247 e. The topological polar surface area (TPSA) is 84.6 Å². The summed E-state index contributed by atoms with van der Waals surface area (Å²) in [7, 11) is 0. The molecule has 2 unspecified atom stereocenters. The second-order valence-electron chi connectivity index (χ2n) is 4.51. The van der Waals surface area contributed by atoms with Crippen molar-refractivity contribution >= 4 is 5.91 Å². The molecule has 18 heavy (non-hydrogen) atoms. The Morgan fingerprint density at radius 3 is 3.11 bits per heavy atom. The Morgan fingerprint density at radius 1 is 1.61 bits per heavy atom. The second kappa shape index (κ2) is 5.37. The minimum absolute atomic E-state index is 0.0462. The molecule has 98 valence electrons. The maximum absolute atomic E-state index is 10.7. The van der Waals surface area contributed by atoms with Gasteiger partial charge in [0.05, 0.1) is 6.61 Å². The zero-order valence-corrected chi connectivity index (χ0v) is 10.3. The monoisotopic (exact) mass is 250 g/mol. The number of fused-ring (bicyclic) bond motifs is 1. The van der Waals surface area contributed by atoms with E-state index >= 15 is 0 Å². The average Bonchev–Trinajstić information content (AvgIpc) is 2.82. The average molecular weight is 250 g/mol. The van der Waals surface area contributed by atoms with Crippen molar-refractivity contribution in [2.75, 3.05) is 13.2 Å². The van der Waals surface area contributed by atoms with Crippen molar-refractivity contribution in [3.05, 3.63) is 29.3 Å². The summed E-state index contributed by atoms with van der Waals surface area (Å²) in [5.74, 6) is 0.236. The van der Waals surface area contributed by atoms with Crippen LogP contribution in [0.1, 0.15) is 24.1 Å². The van der Waals surface area contributed by atoms with Crippen molar-refractivity contribution < 1.29 is 14.6 Å². The molecule has 5 nitrogen and oxygen atoms in total. The fourth-order valence-electron chi connectivity index (χ4n) is 1.98. The maximum atomic E-state index is 10.7. The van der Waals surface area contributed by atoms with Crippen LogP contribution in [0.25, 0.3) is 0 Å². The molecule has 0 spiro atoms. The predicted octanol–water partition coefficient (Wildman–Crippen LogP) is 0.118. The van der Waals surface area contributed by atoms with Crippen LogP contribution < -0.4 is 15.8 Å². The van der Waals surface area contributed by atoms with Gasteiger partial charge in [0.2, 0.25) is 5.91 Å². The quantitative estimate of drug-likeness (QED) is 0.693. The highest BCUT2D eigenvalue weighted by molar-refractivity contribution is 5.78. The SMILES string of the molecule is CC(NCC(O)C(N)=O)c1ccc2c(c1)CCO2. The first kappa shape index (κ1) is 12.9. The van der Waals surface area contributed by atoms with Gasteiger partial charge in [-0.05, 0) is 24.1 Å². The van der Waals surface area contributed by atoms with Gasteiger partial charge in [0.25, 0.3) is 0 Å².